The standard InChI is InChI=1S/C24H25N5O3S/c1-14(30)18-6-4-7-19(12-18)26-23(32)15(2)33-24-28-27-22(17-10-11-17)29(24)21-9-5-8-20(13-21)25-16(3)31/h4-9,12-13,15,17H,10-11H2,1-3H3,(H,25,31)(H,26,32). The minimum atomic E-state index is -0.459. The zero-order valence-corrected chi connectivity index (χ0v) is 19.5. The predicted molar refractivity (Wildman–Crippen MR) is 128 cm³/mol. The number of ketones is 1. The summed E-state index contributed by atoms with van der Waals surface area (Å²) in [7, 11) is 0. The molecule has 1 fully saturated rings. The molecule has 1 heterocycles. The van der Waals surface area contributed by atoms with Gasteiger partial charge in [0.25, 0.3) is 0 Å². The lowest BCUT2D eigenvalue weighted by Crippen LogP contribution is -2.23. The maximum Gasteiger partial charge on any atom is 0.237 e. The summed E-state index contributed by atoms with van der Waals surface area (Å²) in [6, 6.07) is 14.4. The van der Waals surface area contributed by atoms with Gasteiger partial charge in [0.15, 0.2) is 10.9 Å². The van der Waals surface area contributed by atoms with Crippen LogP contribution in [0.15, 0.2) is 53.7 Å². The van der Waals surface area contributed by atoms with Crippen molar-refractivity contribution in [1.82, 2.24) is 14.8 Å². The topological polar surface area (TPSA) is 106 Å². The number of carbonyl (C=O) groups is 3. The Balaban J connectivity index is 1.56. The van der Waals surface area contributed by atoms with Crippen molar-refractivity contribution in [2.24, 2.45) is 0 Å². The zero-order valence-electron chi connectivity index (χ0n) is 18.7. The fourth-order valence-electron chi connectivity index (χ4n) is 3.40. The first kappa shape index (κ1) is 22.7. The second-order valence-corrected chi connectivity index (χ2v) is 9.38. The van der Waals surface area contributed by atoms with Crippen LogP contribution in [-0.2, 0) is 9.59 Å². The van der Waals surface area contributed by atoms with Gasteiger partial charge in [-0.15, -0.1) is 10.2 Å². The Morgan fingerprint density at radius 3 is 2.36 bits per heavy atom. The lowest BCUT2D eigenvalue weighted by atomic mass is 10.1. The first-order valence-electron chi connectivity index (χ1n) is 10.7. The summed E-state index contributed by atoms with van der Waals surface area (Å²) in [5.74, 6) is 0.798. The number of hydrogen-bond donors (Lipinski definition) is 2. The molecular weight excluding hydrogens is 438 g/mol. The predicted octanol–water partition coefficient (Wildman–Crippen LogP) is 4.43. The van der Waals surface area contributed by atoms with E-state index in [1.807, 2.05) is 28.8 Å². The summed E-state index contributed by atoms with van der Waals surface area (Å²) in [6.07, 6.45) is 2.10. The quantitative estimate of drug-likeness (QED) is 0.378. The first-order chi connectivity index (χ1) is 15.8. The van der Waals surface area contributed by atoms with E-state index in [9.17, 15) is 14.4 Å². The molecule has 33 heavy (non-hydrogen) atoms. The van der Waals surface area contributed by atoms with Crippen LogP contribution in [0.1, 0.15) is 55.7 Å². The van der Waals surface area contributed by atoms with Gasteiger partial charge >= 0.3 is 0 Å². The van der Waals surface area contributed by atoms with Crippen molar-refractivity contribution in [3.8, 4) is 5.69 Å². The highest BCUT2D eigenvalue weighted by Gasteiger charge is 2.32. The molecule has 0 spiro atoms. The molecule has 0 aliphatic heterocycles. The van der Waals surface area contributed by atoms with Gasteiger partial charge in [-0.05, 0) is 57.0 Å². The highest BCUT2D eigenvalue weighted by molar-refractivity contribution is 8.00. The molecule has 0 radical (unpaired) electrons. The van der Waals surface area contributed by atoms with Crippen LogP contribution in [0.2, 0.25) is 0 Å². The van der Waals surface area contributed by atoms with E-state index >= 15 is 0 Å². The molecule has 2 N–H and O–H groups in total. The second kappa shape index (κ2) is 9.58. The van der Waals surface area contributed by atoms with Gasteiger partial charge < -0.3 is 10.6 Å². The maximum atomic E-state index is 12.9. The molecule has 1 unspecified atom stereocenters. The summed E-state index contributed by atoms with van der Waals surface area (Å²) in [6.45, 7) is 4.76. The SMILES string of the molecule is CC(=O)Nc1cccc(-n2c(SC(C)C(=O)Nc3cccc(C(C)=O)c3)nnc2C2CC2)c1. The van der Waals surface area contributed by atoms with Gasteiger partial charge in [0.05, 0.1) is 10.9 Å². The number of rotatable bonds is 8. The van der Waals surface area contributed by atoms with Crippen molar-refractivity contribution < 1.29 is 14.4 Å². The molecule has 1 aliphatic carbocycles. The van der Waals surface area contributed by atoms with Crippen molar-refractivity contribution in [1.29, 1.82) is 0 Å². The van der Waals surface area contributed by atoms with Gasteiger partial charge in [0.2, 0.25) is 11.8 Å². The highest BCUT2D eigenvalue weighted by Crippen LogP contribution is 2.41. The molecule has 0 bridgehead atoms. The molecule has 1 aliphatic rings. The number of nitrogens with zero attached hydrogens (tertiary/aromatic N) is 3. The fraction of sp³-hybridized carbons (Fsp3) is 0.292. The van der Waals surface area contributed by atoms with Gasteiger partial charge in [0, 0.05) is 29.8 Å². The van der Waals surface area contributed by atoms with E-state index in [-0.39, 0.29) is 17.6 Å². The van der Waals surface area contributed by atoms with E-state index in [0.717, 1.165) is 24.4 Å². The Bertz CT molecular complexity index is 1220. The number of nitrogens with one attached hydrogen (secondary N) is 2. The van der Waals surface area contributed by atoms with Gasteiger partial charge in [-0.3, -0.25) is 19.0 Å². The van der Waals surface area contributed by atoms with E-state index in [1.165, 1.54) is 25.6 Å². The zero-order chi connectivity index (χ0) is 23.5. The molecule has 1 atom stereocenters. The molecule has 2 aromatic carbocycles. The molecule has 0 saturated heterocycles. The number of carbonyl (C=O) groups excluding carboxylic acids is 3. The van der Waals surface area contributed by atoms with Gasteiger partial charge in [-0.25, -0.2) is 0 Å². The second-order valence-electron chi connectivity index (χ2n) is 8.07. The summed E-state index contributed by atoms with van der Waals surface area (Å²) in [4.78, 5) is 36.0. The molecule has 1 saturated carbocycles. The van der Waals surface area contributed by atoms with Crippen LogP contribution in [0.5, 0.6) is 0 Å². The Hall–Kier alpha value is -3.46. The number of anilines is 2. The lowest BCUT2D eigenvalue weighted by Gasteiger charge is -2.15. The summed E-state index contributed by atoms with van der Waals surface area (Å²) >= 11 is 1.31. The molecule has 170 valence electrons. The van der Waals surface area contributed by atoms with Crippen LogP contribution in [0, 0.1) is 0 Å². The molecule has 2 amide bonds. The van der Waals surface area contributed by atoms with Crippen LogP contribution in [-0.4, -0.2) is 37.6 Å². The number of aromatic nitrogens is 3. The number of hydrogen-bond acceptors (Lipinski definition) is 6. The lowest BCUT2D eigenvalue weighted by molar-refractivity contribution is -0.115. The third kappa shape index (κ3) is 5.48. The highest BCUT2D eigenvalue weighted by atomic mass is 32.2. The molecule has 4 rings (SSSR count). The van der Waals surface area contributed by atoms with E-state index in [2.05, 4.69) is 20.8 Å². The van der Waals surface area contributed by atoms with E-state index in [0.29, 0.717) is 28.0 Å². The van der Waals surface area contributed by atoms with Gasteiger partial charge in [-0.1, -0.05) is 30.0 Å². The van der Waals surface area contributed by atoms with Crippen molar-refractivity contribution in [2.75, 3.05) is 10.6 Å². The van der Waals surface area contributed by atoms with Crippen molar-refractivity contribution in [3.05, 3.63) is 59.9 Å². The number of amides is 2. The summed E-state index contributed by atoms with van der Waals surface area (Å²) < 4.78 is 1.97. The summed E-state index contributed by atoms with van der Waals surface area (Å²) in [5, 5.41) is 14.6. The van der Waals surface area contributed by atoms with Crippen LogP contribution in [0.3, 0.4) is 0 Å². The van der Waals surface area contributed by atoms with Crippen LogP contribution < -0.4 is 10.6 Å². The Kier molecular flexibility index (Phi) is 6.60. The normalized spacial score (nSPS) is 13.9. The number of thioether (sulfide) groups is 1. The van der Waals surface area contributed by atoms with Crippen LogP contribution in [0.25, 0.3) is 5.69 Å². The number of benzene rings is 2. The van der Waals surface area contributed by atoms with Gasteiger partial charge in [-0.2, -0.15) is 0 Å². The average molecular weight is 464 g/mol. The minimum Gasteiger partial charge on any atom is -0.326 e. The number of Topliss-reactive ketones (excluding diaryl/α,β-unsaturated/α-hetero) is 1. The molecule has 8 nitrogen and oxygen atoms in total. The fourth-order valence-corrected chi connectivity index (χ4v) is 4.28. The van der Waals surface area contributed by atoms with Crippen LogP contribution >= 0.6 is 11.8 Å². The van der Waals surface area contributed by atoms with Crippen molar-refractivity contribution in [3.63, 3.8) is 0 Å². The summed E-state index contributed by atoms with van der Waals surface area (Å²) in [5.41, 5.74) is 2.63. The van der Waals surface area contributed by atoms with Gasteiger partial charge in [0.1, 0.15) is 5.82 Å². The smallest absolute Gasteiger partial charge is 0.237 e. The molecule has 3 aromatic rings. The third-order valence-electron chi connectivity index (χ3n) is 5.21. The molecular formula is C24H25N5O3S. The molecule has 1 aromatic heterocycles. The Labute approximate surface area is 196 Å². The first-order valence-corrected chi connectivity index (χ1v) is 11.6. The minimum absolute atomic E-state index is 0.0595. The monoisotopic (exact) mass is 463 g/mol. The third-order valence-corrected chi connectivity index (χ3v) is 6.26. The van der Waals surface area contributed by atoms with E-state index < -0.39 is 5.25 Å². The van der Waals surface area contributed by atoms with E-state index in [1.54, 1.807) is 31.2 Å². The Morgan fingerprint density at radius 2 is 1.70 bits per heavy atom. The maximum absolute atomic E-state index is 12.9. The molecule has 9 heteroatoms. The van der Waals surface area contributed by atoms with E-state index in [4.69, 9.17) is 0 Å². The Morgan fingerprint density at radius 1 is 1.00 bits per heavy atom. The van der Waals surface area contributed by atoms with Crippen molar-refractivity contribution in [2.45, 2.75) is 49.9 Å². The van der Waals surface area contributed by atoms with Crippen molar-refractivity contribution >= 4 is 40.7 Å². The van der Waals surface area contributed by atoms with Crippen LogP contribution in [0.4, 0.5) is 11.4 Å². The largest absolute Gasteiger partial charge is 0.326 e. The average Bonchev–Trinajstić information content (AvgIpc) is 3.53.